The van der Waals surface area contributed by atoms with Gasteiger partial charge in [0.2, 0.25) is 0 Å². The van der Waals surface area contributed by atoms with Crippen molar-refractivity contribution in [3.05, 3.63) is 18.2 Å². The fraction of sp³-hybridized carbons (Fsp3) is 0.583. The predicted octanol–water partition coefficient (Wildman–Crippen LogP) is 1.26. The van der Waals surface area contributed by atoms with E-state index in [2.05, 4.69) is 34.6 Å². The molecule has 0 amide bonds. The van der Waals surface area contributed by atoms with Gasteiger partial charge < -0.3 is 10.7 Å². The number of aromatic nitrogens is 1. The Morgan fingerprint density at radius 3 is 2.82 bits per heavy atom. The highest BCUT2D eigenvalue weighted by molar-refractivity contribution is 5.44. The predicted molar refractivity (Wildman–Crippen MR) is 70.8 cm³/mol. The Labute approximate surface area is 102 Å². The van der Waals surface area contributed by atoms with Gasteiger partial charge in [0.05, 0.1) is 0 Å². The molecule has 0 bridgehead atoms. The van der Waals surface area contributed by atoms with E-state index in [9.17, 15) is 0 Å². The maximum atomic E-state index is 5.32. The van der Waals surface area contributed by atoms with E-state index in [1.165, 1.54) is 12.8 Å². The fourth-order valence-electron chi connectivity index (χ4n) is 1.85. The van der Waals surface area contributed by atoms with Crippen LogP contribution in [0.2, 0.25) is 0 Å². The largest absolute Gasteiger partial charge is 0.368 e. The SMILES string of the molecule is CC(CNc1cccc(NN)n1)N(C)C1CC1. The van der Waals surface area contributed by atoms with Crippen LogP contribution in [0.3, 0.4) is 0 Å². The van der Waals surface area contributed by atoms with E-state index >= 15 is 0 Å². The topological polar surface area (TPSA) is 66.2 Å². The number of nitrogens with two attached hydrogens (primary N) is 1. The molecule has 1 aliphatic carbocycles. The summed E-state index contributed by atoms with van der Waals surface area (Å²) in [5.41, 5.74) is 2.54. The van der Waals surface area contributed by atoms with Gasteiger partial charge in [0.15, 0.2) is 0 Å². The van der Waals surface area contributed by atoms with E-state index in [0.717, 1.165) is 18.4 Å². The summed E-state index contributed by atoms with van der Waals surface area (Å²) >= 11 is 0. The smallest absolute Gasteiger partial charge is 0.142 e. The van der Waals surface area contributed by atoms with Gasteiger partial charge in [-0.3, -0.25) is 4.90 Å². The van der Waals surface area contributed by atoms with Gasteiger partial charge in [-0.2, -0.15) is 0 Å². The van der Waals surface area contributed by atoms with Gasteiger partial charge in [-0.15, -0.1) is 0 Å². The summed E-state index contributed by atoms with van der Waals surface area (Å²) in [6.07, 6.45) is 2.68. The third kappa shape index (κ3) is 3.31. The molecule has 2 rings (SSSR count). The number of nitrogens with zero attached hydrogens (tertiary/aromatic N) is 2. The number of pyridine rings is 1. The molecule has 4 N–H and O–H groups in total. The highest BCUT2D eigenvalue weighted by Crippen LogP contribution is 2.26. The molecule has 0 aliphatic heterocycles. The number of hydrogen-bond acceptors (Lipinski definition) is 5. The molecule has 1 saturated carbocycles. The zero-order chi connectivity index (χ0) is 12.3. The Morgan fingerprint density at radius 2 is 2.18 bits per heavy atom. The first-order valence-corrected chi connectivity index (χ1v) is 6.10. The molecule has 1 fully saturated rings. The Bertz CT molecular complexity index is 364. The molecule has 0 aromatic carbocycles. The quantitative estimate of drug-likeness (QED) is 0.512. The van der Waals surface area contributed by atoms with E-state index in [1.807, 2.05) is 18.2 Å². The number of nitrogen functional groups attached to an aromatic ring is 1. The fourth-order valence-corrected chi connectivity index (χ4v) is 1.85. The molecule has 5 nitrogen and oxygen atoms in total. The summed E-state index contributed by atoms with van der Waals surface area (Å²) in [5.74, 6) is 6.86. The lowest BCUT2D eigenvalue weighted by molar-refractivity contribution is 0.257. The molecule has 0 spiro atoms. The van der Waals surface area contributed by atoms with Crippen LogP contribution in [0.15, 0.2) is 18.2 Å². The molecule has 0 radical (unpaired) electrons. The van der Waals surface area contributed by atoms with Gasteiger partial charge in [-0.25, -0.2) is 10.8 Å². The minimum atomic E-state index is 0.513. The van der Waals surface area contributed by atoms with E-state index in [-0.39, 0.29) is 0 Å². The number of anilines is 2. The third-order valence-corrected chi connectivity index (χ3v) is 3.29. The lowest BCUT2D eigenvalue weighted by atomic mass is 10.3. The Hall–Kier alpha value is -1.33. The first-order chi connectivity index (χ1) is 8.20. The Balaban J connectivity index is 1.83. The summed E-state index contributed by atoms with van der Waals surface area (Å²) in [6.45, 7) is 3.13. The van der Waals surface area contributed by atoms with Crippen LogP contribution in [0.1, 0.15) is 19.8 Å². The molecule has 5 heteroatoms. The van der Waals surface area contributed by atoms with Crippen LogP contribution in [0.4, 0.5) is 11.6 Å². The lowest BCUT2D eigenvalue weighted by Crippen LogP contribution is -2.36. The average Bonchev–Trinajstić information content (AvgIpc) is 3.19. The van der Waals surface area contributed by atoms with Crippen molar-refractivity contribution in [1.82, 2.24) is 9.88 Å². The van der Waals surface area contributed by atoms with Crippen molar-refractivity contribution in [1.29, 1.82) is 0 Å². The molecule has 1 aliphatic rings. The Morgan fingerprint density at radius 1 is 1.47 bits per heavy atom. The molecule has 1 atom stereocenters. The van der Waals surface area contributed by atoms with Gasteiger partial charge in [0.25, 0.3) is 0 Å². The second-order valence-electron chi connectivity index (χ2n) is 4.68. The monoisotopic (exact) mass is 235 g/mol. The lowest BCUT2D eigenvalue weighted by Gasteiger charge is -2.24. The van der Waals surface area contributed by atoms with Crippen LogP contribution in [-0.2, 0) is 0 Å². The summed E-state index contributed by atoms with van der Waals surface area (Å²) in [5, 5.41) is 3.33. The molecule has 1 aromatic heterocycles. The Kier molecular flexibility index (Phi) is 3.81. The van der Waals surface area contributed by atoms with Gasteiger partial charge in [-0.05, 0) is 38.9 Å². The number of likely N-dealkylation sites (N-methyl/N-ethyl adjacent to an activating group) is 1. The molecule has 1 heterocycles. The zero-order valence-electron chi connectivity index (χ0n) is 10.5. The van der Waals surface area contributed by atoms with Crippen molar-refractivity contribution >= 4 is 11.6 Å². The number of hydrogen-bond donors (Lipinski definition) is 3. The van der Waals surface area contributed by atoms with E-state index in [4.69, 9.17) is 5.84 Å². The van der Waals surface area contributed by atoms with E-state index < -0.39 is 0 Å². The van der Waals surface area contributed by atoms with Gasteiger partial charge in [0.1, 0.15) is 11.6 Å². The van der Waals surface area contributed by atoms with Gasteiger partial charge in [0, 0.05) is 18.6 Å². The number of nitrogens with one attached hydrogen (secondary N) is 2. The summed E-state index contributed by atoms with van der Waals surface area (Å²) in [6, 6.07) is 7.02. The first kappa shape index (κ1) is 12.1. The van der Waals surface area contributed by atoms with Crippen molar-refractivity contribution in [2.75, 3.05) is 24.3 Å². The second-order valence-corrected chi connectivity index (χ2v) is 4.68. The normalized spacial score (nSPS) is 16.9. The molecule has 1 aromatic rings. The van der Waals surface area contributed by atoms with Crippen LogP contribution in [0.25, 0.3) is 0 Å². The summed E-state index contributed by atoms with van der Waals surface area (Å²) in [4.78, 5) is 6.75. The van der Waals surface area contributed by atoms with Crippen molar-refractivity contribution in [3.8, 4) is 0 Å². The average molecular weight is 235 g/mol. The van der Waals surface area contributed by atoms with Crippen molar-refractivity contribution in [2.45, 2.75) is 31.8 Å². The molecule has 94 valence electrons. The highest BCUT2D eigenvalue weighted by atomic mass is 15.3. The van der Waals surface area contributed by atoms with Crippen molar-refractivity contribution in [2.24, 2.45) is 5.84 Å². The van der Waals surface area contributed by atoms with E-state index in [0.29, 0.717) is 11.9 Å². The van der Waals surface area contributed by atoms with Crippen molar-refractivity contribution < 1.29 is 0 Å². The number of rotatable bonds is 6. The first-order valence-electron chi connectivity index (χ1n) is 6.10. The zero-order valence-corrected chi connectivity index (χ0v) is 10.5. The highest BCUT2D eigenvalue weighted by Gasteiger charge is 2.28. The van der Waals surface area contributed by atoms with Crippen molar-refractivity contribution in [3.63, 3.8) is 0 Å². The molecule has 17 heavy (non-hydrogen) atoms. The van der Waals surface area contributed by atoms with Crippen LogP contribution in [0.5, 0.6) is 0 Å². The number of hydrazine groups is 1. The van der Waals surface area contributed by atoms with Crippen LogP contribution in [0, 0.1) is 0 Å². The van der Waals surface area contributed by atoms with Crippen LogP contribution in [-0.4, -0.2) is 35.6 Å². The molecule has 0 saturated heterocycles. The summed E-state index contributed by atoms with van der Waals surface area (Å²) in [7, 11) is 2.19. The van der Waals surface area contributed by atoms with Gasteiger partial charge >= 0.3 is 0 Å². The minimum absolute atomic E-state index is 0.513. The molecular weight excluding hydrogens is 214 g/mol. The second kappa shape index (κ2) is 5.33. The van der Waals surface area contributed by atoms with Crippen LogP contribution < -0.4 is 16.6 Å². The molecular formula is C12H21N5. The third-order valence-electron chi connectivity index (χ3n) is 3.29. The van der Waals surface area contributed by atoms with Crippen LogP contribution >= 0.6 is 0 Å². The summed E-state index contributed by atoms with van der Waals surface area (Å²) < 4.78 is 0. The maximum absolute atomic E-state index is 5.32. The standard InChI is InChI=1S/C12H21N5/c1-9(17(2)10-6-7-10)8-14-11-4-3-5-12(15-11)16-13/h3-5,9-10H,6-8,13H2,1-2H3,(H2,14,15,16). The molecule has 1 unspecified atom stereocenters. The van der Waals surface area contributed by atoms with E-state index in [1.54, 1.807) is 0 Å². The minimum Gasteiger partial charge on any atom is -0.368 e. The maximum Gasteiger partial charge on any atom is 0.142 e. The van der Waals surface area contributed by atoms with Gasteiger partial charge in [-0.1, -0.05) is 6.07 Å².